The van der Waals surface area contributed by atoms with E-state index >= 15 is 0 Å². The predicted molar refractivity (Wildman–Crippen MR) is 107 cm³/mol. The molecule has 0 saturated carbocycles. The third-order valence-corrected chi connectivity index (χ3v) is 7.01. The molecular formula is C20H19FN4O5S. The van der Waals surface area contributed by atoms with E-state index in [4.69, 9.17) is 4.42 Å². The standard InChI is InChI=1S/C20H19FN4O5S/c21-16-8-6-14(7-9-16)11-19-22-23-20(30-19)15-3-2-10-24(13-15)31(28,29)18-5-1-4-17(12-18)25(26)27/h1,4-9,12,15H,2-3,10-11,13H2. The van der Waals surface area contributed by atoms with Gasteiger partial charge in [0, 0.05) is 25.2 Å². The van der Waals surface area contributed by atoms with Gasteiger partial charge >= 0.3 is 0 Å². The first kappa shape index (κ1) is 21.1. The van der Waals surface area contributed by atoms with Crippen molar-refractivity contribution in [3.05, 3.63) is 81.8 Å². The average molecular weight is 446 g/mol. The molecule has 1 saturated heterocycles. The first-order valence-electron chi connectivity index (χ1n) is 9.64. The monoisotopic (exact) mass is 446 g/mol. The molecule has 1 fully saturated rings. The van der Waals surface area contributed by atoms with Crippen LogP contribution < -0.4 is 0 Å². The molecule has 1 aliphatic heterocycles. The van der Waals surface area contributed by atoms with Crippen LogP contribution in [0.3, 0.4) is 0 Å². The van der Waals surface area contributed by atoms with Gasteiger partial charge in [-0.05, 0) is 36.6 Å². The average Bonchev–Trinajstić information content (AvgIpc) is 3.24. The SMILES string of the molecule is O=[N+]([O-])c1cccc(S(=O)(=O)N2CCCC(c3nnc(Cc4ccc(F)cc4)o3)C2)c1. The summed E-state index contributed by atoms with van der Waals surface area (Å²) in [5.74, 6) is 0.0928. The Bertz CT molecular complexity index is 1200. The van der Waals surface area contributed by atoms with Crippen LogP contribution in [0, 0.1) is 15.9 Å². The lowest BCUT2D eigenvalue weighted by atomic mass is 10.00. The maximum absolute atomic E-state index is 13.1. The van der Waals surface area contributed by atoms with E-state index in [9.17, 15) is 22.9 Å². The fourth-order valence-corrected chi connectivity index (χ4v) is 5.11. The topological polar surface area (TPSA) is 119 Å². The maximum Gasteiger partial charge on any atom is 0.270 e. The van der Waals surface area contributed by atoms with E-state index < -0.39 is 14.9 Å². The van der Waals surface area contributed by atoms with E-state index in [2.05, 4.69) is 10.2 Å². The summed E-state index contributed by atoms with van der Waals surface area (Å²) < 4.78 is 46.1. The Labute approximate surface area is 177 Å². The van der Waals surface area contributed by atoms with Crippen LogP contribution in [0.2, 0.25) is 0 Å². The van der Waals surface area contributed by atoms with Crippen LogP contribution in [0.4, 0.5) is 10.1 Å². The molecular weight excluding hydrogens is 427 g/mol. The van der Waals surface area contributed by atoms with Gasteiger partial charge in [0.1, 0.15) is 5.82 Å². The molecule has 0 aliphatic carbocycles. The minimum Gasteiger partial charge on any atom is -0.425 e. The van der Waals surface area contributed by atoms with E-state index in [0.29, 0.717) is 37.6 Å². The Morgan fingerprint density at radius 1 is 1.19 bits per heavy atom. The second-order valence-corrected chi connectivity index (χ2v) is 9.23. The first-order valence-corrected chi connectivity index (χ1v) is 11.1. The molecule has 0 N–H and O–H groups in total. The van der Waals surface area contributed by atoms with Crippen LogP contribution in [0.1, 0.15) is 36.1 Å². The number of nitro benzene ring substituents is 1. The Balaban J connectivity index is 1.50. The molecule has 9 nitrogen and oxygen atoms in total. The van der Waals surface area contributed by atoms with Gasteiger partial charge in [-0.15, -0.1) is 10.2 Å². The molecule has 0 bridgehead atoms. The quantitative estimate of drug-likeness (QED) is 0.421. The van der Waals surface area contributed by atoms with Crippen molar-refractivity contribution in [2.24, 2.45) is 0 Å². The van der Waals surface area contributed by atoms with E-state index in [1.165, 1.54) is 34.6 Å². The summed E-state index contributed by atoms with van der Waals surface area (Å²) in [6.45, 7) is 0.446. The highest BCUT2D eigenvalue weighted by Crippen LogP contribution is 2.30. The molecule has 0 spiro atoms. The Morgan fingerprint density at radius 3 is 2.71 bits per heavy atom. The molecule has 2 aromatic carbocycles. The van der Waals surface area contributed by atoms with Gasteiger partial charge in [-0.1, -0.05) is 18.2 Å². The van der Waals surface area contributed by atoms with Crippen molar-refractivity contribution in [2.45, 2.75) is 30.1 Å². The number of benzene rings is 2. The van der Waals surface area contributed by atoms with Crippen molar-refractivity contribution in [3.63, 3.8) is 0 Å². The minimum absolute atomic E-state index is 0.120. The summed E-state index contributed by atoms with van der Waals surface area (Å²) in [5.41, 5.74) is 0.534. The molecule has 1 atom stereocenters. The molecule has 1 aromatic heterocycles. The summed E-state index contributed by atoms with van der Waals surface area (Å²) in [6, 6.07) is 11.0. The smallest absolute Gasteiger partial charge is 0.270 e. The number of nitrogens with zero attached hydrogens (tertiary/aromatic N) is 4. The number of piperidine rings is 1. The third-order valence-electron chi connectivity index (χ3n) is 5.15. The molecule has 31 heavy (non-hydrogen) atoms. The van der Waals surface area contributed by atoms with Gasteiger partial charge in [-0.25, -0.2) is 12.8 Å². The van der Waals surface area contributed by atoms with E-state index in [1.54, 1.807) is 12.1 Å². The highest BCUT2D eigenvalue weighted by molar-refractivity contribution is 7.89. The van der Waals surface area contributed by atoms with Crippen molar-refractivity contribution < 1.29 is 22.1 Å². The van der Waals surface area contributed by atoms with E-state index in [-0.39, 0.29) is 28.9 Å². The summed E-state index contributed by atoms with van der Waals surface area (Å²) in [7, 11) is -3.90. The number of nitro groups is 1. The second kappa shape index (κ2) is 8.52. The predicted octanol–water partition coefficient (Wildman–Crippen LogP) is 3.28. The molecule has 4 rings (SSSR count). The van der Waals surface area contributed by atoms with Gasteiger partial charge in [0.15, 0.2) is 0 Å². The van der Waals surface area contributed by atoms with Crippen molar-refractivity contribution in [3.8, 4) is 0 Å². The molecule has 11 heteroatoms. The Kier molecular flexibility index (Phi) is 5.79. The van der Waals surface area contributed by atoms with Gasteiger partial charge in [0.2, 0.25) is 21.8 Å². The maximum atomic E-state index is 13.1. The number of hydrogen-bond acceptors (Lipinski definition) is 7. The first-order chi connectivity index (χ1) is 14.8. The lowest BCUT2D eigenvalue weighted by molar-refractivity contribution is -0.385. The zero-order valence-corrected chi connectivity index (χ0v) is 17.2. The normalized spacial score (nSPS) is 17.5. The molecule has 162 valence electrons. The van der Waals surface area contributed by atoms with E-state index in [0.717, 1.165) is 11.6 Å². The molecule has 0 radical (unpaired) electrons. The summed E-state index contributed by atoms with van der Waals surface area (Å²) >= 11 is 0. The number of halogens is 1. The van der Waals surface area contributed by atoms with Gasteiger partial charge < -0.3 is 4.42 Å². The Morgan fingerprint density at radius 2 is 1.97 bits per heavy atom. The van der Waals surface area contributed by atoms with Crippen LogP contribution in [0.15, 0.2) is 57.8 Å². The van der Waals surface area contributed by atoms with E-state index in [1.807, 2.05) is 0 Å². The van der Waals surface area contributed by atoms with Gasteiger partial charge in [-0.3, -0.25) is 10.1 Å². The van der Waals surface area contributed by atoms with Crippen LogP contribution in [-0.2, 0) is 16.4 Å². The summed E-state index contributed by atoms with van der Waals surface area (Å²) in [5, 5.41) is 19.1. The van der Waals surface area contributed by atoms with Crippen molar-refractivity contribution in [2.75, 3.05) is 13.1 Å². The number of hydrogen-bond donors (Lipinski definition) is 0. The number of aromatic nitrogens is 2. The molecule has 0 amide bonds. The fourth-order valence-electron chi connectivity index (χ4n) is 3.55. The Hall–Kier alpha value is -3.18. The highest BCUT2D eigenvalue weighted by atomic mass is 32.2. The van der Waals surface area contributed by atoms with Crippen LogP contribution in [0.25, 0.3) is 0 Å². The number of sulfonamides is 1. The number of rotatable bonds is 6. The van der Waals surface area contributed by atoms with Gasteiger partial charge in [0.25, 0.3) is 5.69 Å². The minimum atomic E-state index is -3.90. The van der Waals surface area contributed by atoms with Crippen LogP contribution >= 0.6 is 0 Å². The molecule has 1 aliphatic rings. The highest BCUT2D eigenvalue weighted by Gasteiger charge is 2.33. The second-order valence-electron chi connectivity index (χ2n) is 7.29. The lowest BCUT2D eigenvalue weighted by Gasteiger charge is -2.30. The van der Waals surface area contributed by atoms with Crippen molar-refractivity contribution >= 4 is 15.7 Å². The zero-order chi connectivity index (χ0) is 22.0. The van der Waals surface area contributed by atoms with Crippen LogP contribution in [-0.4, -0.2) is 40.9 Å². The molecule has 2 heterocycles. The van der Waals surface area contributed by atoms with Gasteiger partial charge in [0.05, 0.1) is 22.2 Å². The largest absolute Gasteiger partial charge is 0.425 e. The summed E-state index contributed by atoms with van der Waals surface area (Å²) in [4.78, 5) is 10.2. The summed E-state index contributed by atoms with van der Waals surface area (Å²) in [6.07, 6.45) is 1.61. The molecule has 1 unspecified atom stereocenters. The zero-order valence-electron chi connectivity index (χ0n) is 16.3. The van der Waals surface area contributed by atoms with Crippen molar-refractivity contribution in [1.82, 2.24) is 14.5 Å². The third kappa shape index (κ3) is 4.62. The lowest BCUT2D eigenvalue weighted by Crippen LogP contribution is -2.39. The van der Waals surface area contributed by atoms with Gasteiger partial charge in [-0.2, -0.15) is 4.31 Å². The van der Waals surface area contributed by atoms with Crippen molar-refractivity contribution in [1.29, 1.82) is 0 Å². The molecule has 3 aromatic rings. The van der Waals surface area contributed by atoms with Crippen LogP contribution in [0.5, 0.6) is 0 Å². The number of non-ortho nitro benzene ring substituents is 1. The fraction of sp³-hybridized carbons (Fsp3) is 0.300.